The van der Waals surface area contributed by atoms with Crippen molar-refractivity contribution in [3.8, 4) is 11.3 Å². The third-order valence-electron chi connectivity index (χ3n) is 6.31. The Morgan fingerprint density at radius 1 is 1.29 bits per heavy atom. The number of rotatable bonds is 6. The fourth-order valence-electron chi connectivity index (χ4n) is 4.57. The first-order valence-corrected chi connectivity index (χ1v) is 11.7. The van der Waals surface area contributed by atoms with Crippen LogP contribution in [0, 0.1) is 5.82 Å². The van der Waals surface area contributed by atoms with Gasteiger partial charge in [0.05, 0.1) is 58.8 Å². The molecule has 8 nitrogen and oxygen atoms in total. The maximum atomic E-state index is 14.5. The highest BCUT2D eigenvalue weighted by Gasteiger charge is 2.28. The molecule has 2 amide bonds. The number of benzene rings is 1. The van der Waals surface area contributed by atoms with E-state index in [1.54, 1.807) is 35.4 Å². The number of pyridine rings is 2. The number of aromatic nitrogens is 2. The summed E-state index contributed by atoms with van der Waals surface area (Å²) in [6.07, 6.45) is 3.49. The van der Waals surface area contributed by atoms with Crippen molar-refractivity contribution in [3.63, 3.8) is 0 Å². The Kier molecular flexibility index (Phi) is 6.36. The molecule has 35 heavy (non-hydrogen) atoms. The number of anilines is 2. The van der Waals surface area contributed by atoms with Crippen LogP contribution in [0.3, 0.4) is 0 Å². The highest BCUT2D eigenvalue weighted by Crippen LogP contribution is 2.35. The number of halogens is 2. The molecule has 2 aliphatic heterocycles. The topological polar surface area (TPSA) is 107 Å². The van der Waals surface area contributed by atoms with Gasteiger partial charge in [-0.1, -0.05) is 23.7 Å². The molecule has 5 rings (SSSR count). The number of aliphatic hydroxyl groups excluding tert-OH is 1. The molecule has 0 aliphatic carbocycles. The van der Waals surface area contributed by atoms with E-state index in [0.717, 1.165) is 18.4 Å². The fraction of sp³-hybridized carbons (Fsp3) is 0.280. The summed E-state index contributed by atoms with van der Waals surface area (Å²) in [7, 11) is 0. The maximum absolute atomic E-state index is 14.5. The molecule has 0 spiro atoms. The van der Waals surface area contributed by atoms with Crippen molar-refractivity contribution in [2.45, 2.75) is 31.8 Å². The number of fused-ring (bicyclic) bond motifs is 1. The molecular weight excluding hydrogens is 473 g/mol. The summed E-state index contributed by atoms with van der Waals surface area (Å²) in [4.78, 5) is 35.7. The van der Waals surface area contributed by atoms with E-state index in [-0.39, 0.29) is 48.0 Å². The third-order valence-corrected chi connectivity index (χ3v) is 6.62. The Bertz CT molecular complexity index is 1280. The number of aliphatic hydroxyl groups is 1. The minimum atomic E-state index is -0.512. The summed E-state index contributed by atoms with van der Waals surface area (Å²) < 4.78 is 14.5. The summed E-state index contributed by atoms with van der Waals surface area (Å²) >= 11 is 6.24. The monoisotopic (exact) mass is 495 g/mol. The van der Waals surface area contributed by atoms with Gasteiger partial charge < -0.3 is 20.6 Å². The van der Waals surface area contributed by atoms with Gasteiger partial charge in [0.25, 0.3) is 5.91 Å². The number of nitrogens with zero attached hydrogens (tertiary/aromatic N) is 3. The van der Waals surface area contributed by atoms with Gasteiger partial charge in [0, 0.05) is 12.7 Å². The predicted molar refractivity (Wildman–Crippen MR) is 129 cm³/mol. The molecule has 4 heterocycles. The summed E-state index contributed by atoms with van der Waals surface area (Å²) in [5.74, 6) is -0.386. The van der Waals surface area contributed by atoms with E-state index in [0.29, 0.717) is 35.0 Å². The molecule has 10 heteroatoms. The summed E-state index contributed by atoms with van der Waals surface area (Å²) in [6, 6.07) is 9.36. The average Bonchev–Trinajstić information content (AvgIpc) is 3.47. The number of hydrogen-bond acceptors (Lipinski definition) is 6. The van der Waals surface area contributed by atoms with Crippen molar-refractivity contribution in [2.75, 3.05) is 18.5 Å². The Hall–Kier alpha value is -3.56. The van der Waals surface area contributed by atoms with Crippen molar-refractivity contribution >= 4 is 34.9 Å². The third kappa shape index (κ3) is 4.56. The van der Waals surface area contributed by atoms with E-state index in [1.807, 2.05) is 0 Å². The highest BCUT2D eigenvalue weighted by atomic mass is 35.5. The van der Waals surface area contributed by atoms with Crippen molar-refractivity contribution in [3.05, 3.63) is 70.3 Å². The molecule has 0 unspecified atom stereocenters. The van der Waals surface area contributed by atoms with Gasteiger partial charge in [-0.05, 0) is 42.7 Å². The van der Waals surface area contributed by atoms with Crippen LogP contribution in [0.25, 0.3) is 11.3 Å². The van der Waals surface area contributed by atoms with Crippen LogP contribution in [0.2, 0.25) is 5.02 Å². The zero-order valence-corrected chi connectivity index (χ0v) is 19.5. The van der Waals surface area contributed by atoms with Gasteiger partial charge in [0.15, 0.2) is 0 Å². The normalized spacial score (nSPS) is 16.8. The summed E-state index contributed by atoms with van der Waals surface area (Å²) in [6.45, 7) is 0.847. The molecule has 180 valence electrons. The molecule has 1 saturated heterocycles. The fourth-order valence-corrected chi connectivity index (χ4v) is 4.83. The molecule has 1 atom stereocenters. The Balaban J connectivity index is 1.39. The lowest BCUT2D eigenvalue weighted by Crippen LogP contribution is -2.38. The van der Waals surface area contributed by atoms with Crippen LogP contribution in [-0.2, 0) is 17.8 Å². The average molecular weight is 496 g/mol. The van der Waals surface area contributed by atoms with E-state index in [4.69, 9.17) is 11.6 Å². The first kappa shape index (κ1) is 23.2. The van der Waals surface area contributed by atoms with Gasteiger partial charge in [-0.25, -0.2) is 14.4 Å². The van der Waals surface area contributed by atoms with E-state index >= 15 is 0 Å². The van der Waals surface area contributed by atoms with Gasteiger partial charge in [-0.3, -0.25) is 9.59 Å². The lowest BCUT2D eigenvalue weighted by molar-refractivity contribution is -0.132. The van der Waals surface area contributed by atoms with Crippen LogP contribution in [0.4, 0.5) is 15.9 Å². The Morgan fingerprint density at radius 3 is 2.89 bits per heavy atom. The number of nitrogens with one attached hydrogen (secondary N) is 2. The molecule has 1 fully saturated rings. The van der Waals surface area contributed by atoms with Gasteiger partial charge in [0.1, 0.15) is 11.6 Å². The quantitative estimate of drug-likeness (QED) is 0.483. The molecule has 1 aromatic carbocycles. The molecule has 3 N–H and O–H groups in total. The van der Waals surface area contributed by atoms with E-state index in [2.05, 4.69) is 20.6 Å². The largest absolute Gasteiger partial charge is 0.394 e. The molecule has 2 aliphatic rings. The van der Waals surface area contributed by atoms with E-state index < -0.39 is 5.82 Å². The highest BCUT2D eigenvalue weighted by molar-refractivity contribution is 6.33. The van der Waals surface area contributed by atoms with Crippen molar-refractivity contribution in [2.24, 2.45) is 0 Å². The SMILES string of the molecule is O=C1NCc2nc(-c3c(F)cccc3Cl)cc(Nc3ccc(CC(=O)N4CCC[C@H]4CO)cn3)c21. The number of carbonyl (C=O) groups is 2. The zero-order valence-electron chi connectivity index (χ0n) is 18.7. The summed E-state index contributed by atoms with van der Waals surface area (Å²) in [5, 5.41) is 15.5. The van der Waals surface area contributed by atoms with Crippen molar-refractivity contribution < 1.29 is 19.1 Å². The van der Waals surface area contributed by atoms with Crippen molar-refractivity contribution in [1.82, 2.24) is 20.2 Å². The van der Waals surface area contributed by atoms with Crippen LogP contribution in [0.15, 0.2) is 42.6 Å². The second-order valence-corrected chi connectivity index (χ2v) is 8.98. The Morgan fingerprint density at radius 2 is 2.14 bits per heavy atom. The minimum Gasteiger partial charge on any atom is -0.394 e. The lowest BCUT2D eigenvalue weighted by Gasteiger charge is -2.23. The van der Waals surface area contributed by atoms with Gasteiger partial charge in [0.2, 0.25) is 5.91 Å². The molecule has 2 aromatic heterocycles. The first-order chi connectivity index (χ1) is 16.9. The zero-order chi connectivity index (χ0) is 24.5. The minimum absolute atomic E-state index is 0.0310. The summed E-state index contributed by atoms with van der Waals surface area (Å²) in [5.41, 5.74) is 2.48. The van der Waals surface area contributed by atoms with E-state index in [9.17, 15) is 19.1 Å². The second-order valence-electron chi connectivity index (χ2n) is 8.58. The van der Waals surface area contributed by atoms with E-state index in [1.165, 1.54) is 12.1 Å². The van der Waals surface area contributed by atoms with Crippen molar-refractivity contribution in [1.29, 1.82) is 0 Å². The molecular formula is C25H23ClFN5O3. The van der Waals surface area contributed by atoms with Crippen LogP contribution in [0.5, 0.6) is 0 Å². The van der Waals surface area contributed by atoms with Crippen LogP contribution >= 0.6 is 11.6 Å². The Labute approximate surface area is 206 Å². The molecule has 0 bridgehead atoms. The molecule has 3 aromatic rings. The molecule has 0 saturated carbocycles. The lowest BCUT2D eigenvalue weighted by atomic mass is 10.1. The smallest absolute Gasteiger partial charge is 0.255 e. The van der Waals surface area contributed by atoms with Gasteiger partial charge in [-0.2, -0.15) is 0 Å². The number of amides is 2. The standard InChI is InChI=1S/C25H23ClFN5O3/c26-16-4-1-5-17(27)23(16)18-10-19(24-20(30-18)12-29-25(24)35)31-21-7-6-14(11-28-21)9-22(34)32-8-2-3-15(32)13-33/h1,4-7,10-11,15,33H,2-3,8-9,12-13H2,(H,29,35)(H,28,30,31)/t15-/m0/s1. The molecule has 0 radical (unpaired) electrons. The first-order valence-electron chi connectivity index (χ1n) is 11.3. The van der Waals surface area contributed by atoms with Gasteiger partial charge >= 0.3 is 0 Å². The van der Waals surface area contributed by atoms with Crippen LogP contribution in [-0.4, -0.2) is 51.0 Å². The number of likely N-dealkylation sites (tertiary alicyclic amines) is 1. The van der Waals surface area contributed by atoms with Crippen LogP contribution < -0.4 is 10.6 Å². The number of hydrogen-bond donors (Lipinski definition) is 3. The maximum Gasteiger partial charge on any atom is 0.255 e. The van der Waals surface area contributed by atoms with Crippen LogP contribution in [0.1, 0.15) is 34.5 Å². The van der Waals surface area contributed by atoms with Gasteiger partial charge in [-0.15, -0.1) is 0 Å². The second kappa shape index (κ2) is 9.59. The predicted octanol–water partition coefficient (Wildman–Crippen LogP) is 3.45. The number of carbonyl (C=O) groups excluding carboxylic acids is 2.